The van der Waals surface area contributed by atoms with Crippen molar-refractivity contribution in [3.63, 3.8) is 0 Å². The molecule has 0 radical (unpaired) electrons. The van der Waals surface area contributed by atoms with Gasteiger partial charge in [-0.25, -0.2) is 4.98 Å². The summed E-state index contributed by atoms with van der Waals surface area (Å²) in [6, 6.07) is 3.48. The lowest BCUT2D eigenvalue weighted by Crippen LogP contribution is -2.40. The topological polar surface area (TPSA) is 70.5 Å². The third-order valence-corrected chi connectivity index (χ3v) is 2.54. The molecule has 0 aliphatic carbocycles. The van der Waals surface area contributed by atoms with Crippen LogP contribution in [0.2, 0.25) is 0 Å². The highest BCUT2D eigenvalue weighted by atomic mass is 19.1. The summed E-state index contributed by atoms with van der Waals surface area (Å²) in [6.45, 7) is 3.70. The Balaban J connectivity index is 2.88. The number of rotatable bonds is 5. The first-order valence-electron chi connectivity index (χ1n) is 5.61. The van der Waals surface area contributed by atoms with Crippen LogP contribution in [0, 0.1) is 5.95 Å². The van der Waals surface area contributed by atoms with Gasteiger partial charge in [0.1, 0.15) is 5.69 Å². The molecule has 1 rings (SSSR count). The Morgan fingerprint density at radius 3 is 2.67 bits per heavy atom. The summed E-state index contributed by atoms with van der Waals surface area (Å²) >= 11 is 0. The number of pyridine rings is 1. The van der Waals surface area contributed by atoms with E-state index >= 15 is 0 Å². The summed E-state index contributed by atoms with van der Waals surface area (Å²) < 4.78 is 12.9. The maximum Gasteiger partial charge on any atom is 0.305 e. The number of carboxylic acid groups (broad SMARTS) is 1. The maximum absolute atomic E-state index is 12.9. The number of aromatic nitrogens is 1. The van der Waals surface area contributed by atoms with Crippen LogP contribution in [0.1, 0.15) is 30.8 Å². The van der Waals surface area contributed by atoms with Crippen LogP contribution in [0.5, 0.6) is 0 Å². The molecule has 0 aliphatic heterocycles. The van der Waals surface area contributed by atoms with Gasteiger partial charge < -0.3 is 10.0 Å². The number of carbonyl (C=O) groups excluding carboxylic acids is 1. The Hall–Kier alpha value is -1.98. The van der Waals surface area contributed by atoms with Crippen LogP contribution in [0.4, 0.5) is 4.39 Å². The van der Waals surface area contributed by atoms with Gasteiger partial charge >= 0.3 is 5.97 Å². The fourth-order valence-corrected chi connectivity index (χ4v) is 1.69. The van der Waals surface area contributed by atoms with Gasteiger partial charge in [0.25, 0.3) is 5.91 Å². The van der Waals surface area contributed by atoms with E-state index in [0.29, 0.717) is 6.54 Å². The van der Waals surface area contributed by atoms with Crippen LogP contribution in [0.15, 0.2) is 18.2 Å². The second kappa shape index (κ2) is 6.09. The van der Waals surface area contributed by atoms with Crippen LogP contribution in [-0.2, 0) is 4.79 Å². The Morgan fingerprint density at radius 2 is 2.17 bits per heavy atom. The van der Waals surface area contributed by atoms with Crippen LogP contribution in [0.3, 0.4) is 0 Å². The van der Waals surface area contributed by atoms with Crippen molar-refractivity contribution < 1.29 is 19.1 Å². The molecule has 0 fully saturated rings. The van der Waals surface area contributed by atoms with Crippen LogP contribution >= 0.6 is 0 Å². The molecule has 1 heterocycles. The lowest BCUT2D eigenvalue weighted by molar-refractivity contribution is -0.138. The molecule has 0 aromatic carbocycles. The summed E-state index contributed by atoms with van der Waals surface area (Å²) in [5.74, 6) is -2.19. The minimum atomic E-state index is -0.985. The number of amides is 1. The van der Waals surface area contributed by atoms with E-state index in [4.69, 9.17) is 5.11 Å². The fourth-order valence-electron chi connectivity index (χ4n) is 1.69. The number of carboxylic acids is 1. The smallest absolute Gasteiger partial charge is 0.305 e. The van der Waals surface area contributed by atoms with E-state index in [2.05, 4.69) is 4.98 Å². The molecule has 5 nitrogen and oxygen atoms in total. The van der Waals surface area contributed by atoms with Gasteiger partial charge in [0.05, 0.1) is 6.42 Å². The highest BCUT2D eigenvalue weighted by Gasteiger charge is 2.22. The zero-order valence-electron chi connectivity index (χ0n) is 10.3. The molecule has 0 saturated heterocycles. The van der Waals surface area contributed by atoms with E-state index in [9.17, 15) is 14.0 Å². The van der Waals surface area contributed by atoms with E-state index < -0.39 is 23.9 Å². The molecule has 98 valence electrons. The highest BCUT2D eigenvalue weighted by Crippen LogP contribution is 2.09. The predicted molar refractivity (Wildman–Crippen MR) is 62.6 cm³/mol. The minimum Gasteiger partial charge on any atom is -0.481 e. The average molecular weight is 254 g/mol. The van der Waals surface area contributed by atoms with E-state index in [0.717, 1.165) is 6.07 Å². The molecule has 1 amide bonds. The van der Waals surface area contributed by atoms with Crippen molar-refractivity contribution in [2.75, 3.05) is 6.54 Å². The van der Waals surface area contributed by atoms with Crippen molar-refractivity contribution in [2.24, 2.45) is 0 Å². The van der Waals surface area contributed by atoms with Gasteiger partial charge in [-0.3, -0.25) is 9.59 Å². The summed E-state index contributed by atoms with van der Waals surface area (Å²) in [5, 5.41) is 8.71. The number of hydrogen-bond donors (Lipinski definition) is 1. The minimum absolute atomic E-state index is 0.0194. The van der Waals surface area contributed by atoms with Crippen molar-refractivity contribution >= 4 is 11.9 Å². The molecule has 0 saturated carbocycles. The van der Waals surface area contributed by atoms with E-state index in [-0.39, 0.29) is 12.1 Å². The molecule has 0 spiro atoms. The maximum atomic E-state index is 12.9. The third-order valence-electron chi connectivity index (χ3n) is 2.54. The van der Waals surface area contributed by atoms with Crippen molar-refractivity contribution in [3.8, 4) is 0 Å². The lowest BCUT2D eigenvalue weighted by Gasteiger charge is -2.26. The summed E-state index contributed by atoms with van der Waals surface area (Å²) in [7, 11) is 0. The number of aliphatic carboxylic acids is 1. The van der Waals surface area contributed by atoms with Crippen LogP contribution in [-0.4, -0.2) is 39.5 Å². The number of hydrogen-bond acceptors (Lipinski definition) is 3. The molecule has 1 N–H and O–H groups in total. The molecule has 18 heavy (non-hydrogen) atoms. The van der Waals surface area contributed by atoms with Crippen molar-refractivity contribution in [1.29, 1.82) is 0 Å². The van der Waals surface area contributed by atoms with Crippen molar-refractivity contribution in [1.82, 2.24) is 9.88 Å². The molecular weight excluding hydrogens is 239 g/mol. The zero-order valence-corrected chi connectivity index (χ0v) is 10.3. The molecule has 0 bridgehead atoms. The van der Waals surface area contributed by atoms with Gasteiger partial charge in [-0.05, 0) is 26.0 Å². The number of nitrogens with zero attached hydrogens (tertiary/aromatic N) is 2. The Labute approximate surface area is 104 Å². The fraction of sp³-hybridized carbons (Fsp3) is 0.417. The highest BCUT2D eigenvalue weighted by molar-refractivity contribution is 5.92. The Kier molecular flexibility index (Phi) is 4.76. The average Bonchev–Trinajstić information content (AvgIpc) is 2.28. The zero-order chi connectivity index (χ0) is 13.7. The summed E-state index contributed by atoms with van der Waals surface area (Å²) in [4.78, 5) is 27.5. The van der Waals surface area contributed by atoms with Crippen molar-refractivity contribution in [3.05, 3.63) is 29.8 Å². The SMILES string of the molecule is CCN(C(=O)c1cccc(F)n1)C(C)CC(=O)O. The molecule has 1 unspecified atom stereocenters. The van der Waals surface area contributed by atoms with Crippen LogP contribution in [0.25, 0.3) is 0 Å². The summed E-state index contributed by atoms with van der Waals surface area (Å²) in [6.07, 6.45) is -0.158. The van der Waals surface area contributed by atoms with E-state index in [1.807, 2.05) is 0 Å². The quantitative estimate of drug-likeness (QED) is 0.809. The molecular formula is C12H15FN2O3. The molecule has 1 aromatic heterocycles. The van der Waals surface area contributed by atoms with Gasteiger partial charge in [-0.2, -0.15) is 4.39 Å². The molecule has 1 aromatic rings. The van der Waals surface area contributed by atoms with Gasteiger partial charge in [-0.15, -0.1) is 0 Å². The summed E-state index contributed by atoms with van der Waals surface area (Å²) in [5.41, 5.74) is -0.0194. The second-order valence-corrected chi connectivity index (χ2v) is 3.88. The standard InChI is InChI=1S/C12H15FN2O3/c1-3-15(8(2)7-11(16)17)12(18)9-5-4-6-10(13)14-9/h4-6,8H,3,7H2,1-2H3,(H,16,17). The van der Waals surface area contributed by atoms with Gasteiger partial charge in [-0.1, -0.05) is 6.07 Å². The number of halogens is 1. The monoisotopic (exact) mass is 254 g/mol. The number of carbonyl (C=O) groups is 2. The third kappa shape index (κ3) is 3.51. The Bertz CT molecular complexity index is 451. The molecule has 6 heteroatoms. The lowest BCUT2D eigenvalue weighted by atomic mass is 10.2. The van der Waals surface area contributed by atoms with Crippen LogP contribution < -0.4 is 0 Å². The van der Waals surface area contributed by atoms with Crippen molar-refractivity contribution in [2.45, 2.75) is 26.3 Å². The first kappa shape index (κ1) is 14.1. The van der Waals surface area contributed by atoms with Gasteiger partial charge in [0.2, 0.25) is 5.95 Å². The first-order chi connectivity index (χ1) is 8.45. The first-order valence-corrected chi connectivity index (χ1v) is 5.61. The predicted octanol–water partition coefficient (Wildman–Crippen LogP) is 1.55. The molecule has 0 aliphatic rings. The molecule has 1 atom stereocenters. The van der Waals surface area contributed by atoms with Gasteiger partial charge in [0, 0.05) is 12.6 Å². The second-order valence-electron chi connectivity index (χ2n) is 3.88. The van der Waals surface area contributed by atoms with E-state index in [1.165, 1.54) is 17.0 Å². The normalized spacial score (nSPS) is 11.9. The van der Waals surface area contributed by atoms with Gasteiger partial charge in [0.15, 0.2) is 0 Å². The van der Waals surface area contributed by atoms with E-state index in [1.54, 1.807) is 13.8 Å². The Morgan fingerprint density at radius 1 is 1.50 bits per heavy atom. The largest absolute Gasteiger partial charge is 0.481 e.